The molecular formula is C27H29N3O3. The van der Waals surface area contributed by atoms with Gasteiger partial charge in [-0.05, 0) is 42.0 Å². The van der Waals surface area contributed by atoms with Gasteiger partial charge in [-0.1, -0.05) is 61.5 Å². The maximum Gasteiger partial charge on any atom is 0.268 e. The molecule has 1 aromatic heterocycles. The molecule has 0 unspecified atom stereocenters. The standard InChI is InChI=1S/C27H29N3O3/c1-2-22(19-9-4-3-5-10-19)28-26(31)21-16-24(30-14-15-33-17-25(21)30)27(32)29-23-13-12-18-8-6-7-11-20(18)23/h3-11,16,22-23H,2,12-15,17H2,1H3,(H,28,31)(H,29,32)/t22-,23-/m1/s1. The van der Waals surface area contributed by atoms with E-state index in [1.807, 2.05) is 47.0 Å². The second-order valence-electron chi connectivity index (χ2n) is 8.70. The van der Waals surface area contributed by atoms with Crippen LogP contribution in [0.1, 0.15) is 75.1 Å². The van der Waals surface area contributed by atoms with Crippen molar-refractivity contribution in [3.8, 4) is 0 Å². The molecule has 0 saturated heterocycles. The number of amides is 2. The number of nitrogens with one attached hydrogen (secondary N) is 2. The third-order valence-electron chi connectivity index (χ3n) is 6.74. The number of aromatic nitrogens is 1. The average molecular weight is 444 g/mol. The van der Waals surface area contributed by atoms with Crippen LogP contribution in [-0.4, -0.2) is 23.0 Å². The van der Waals surface area contributed by atoms with E-state index in [2.05, 4.69) is 29.7 Å². The van der Waals surface area contributed by atoms with Crippen LogP contribution in [0.4, 0.5) is 0 Å². The van der Waals surface area contributed by atoms with Gasteiger partial charge in [0.05, 0.1) is 36.6 Å². The first-order chi connectivity index (χ1) is 16.2. The number of carbonyl (C=O) groups is 2. The van der Waals surface area contributed by atoms with Crippen molar-refractivity contribution in [2.45, 2.75) is 51.4 Å². The zero-order chi connectivity index (χ0) is 22.8. The van der Waals surface area contributed by atoms with Crippen molar-refractivity contribution in [3.05, 3.63) is 94.3 Å². The second kappa shape index (κ2) is 9.24. The van der Waals surface area contributed by atoms with E-state index >= 15 is 0 Å². The van der Waals surface area contributed by atoms with Gasteiger partial charge in [-0.25, -0.2) is 0 Å². The maximum atomic E-state index is 13.3. The number of hydrogen-bond donors (Lipinski definition) is 2. The van der Waals surface area contributed by atoms with Gasteiger partial charge in [0, 0.05) is 6.54 Å². The van der Waals surface area contributed by atoms with Crippen molar-refractivity contribution < 1.29 is 14.3 Å². The van der Waals surface area contributed by atoms with Crippen molar-refractivity contribution in [2.75, 3.05) is 6.61 Å². The first-order valence-electron chi connectivity index (χ1n) is 11.7. The Morgan fingerprint density at radius 1 is 1.09 bits per heavy atom. The molecule has 6 heteroatoms. The number of fused-ring (bicyclic) bond motifs is 2. The van der Waals surface area contributed by atoms with Crippen molar-refractivity contribution in [3.63, 3.8) is 0 Å². The smallest absolute Gasteiger partial charge is 0.268 e. The predicted molar refractivity (Wildman–Crippen MR) is 126 cm³/mol. The minimum atomic E-state index is -0.176. The number of rotatable bonds is 6. The topological polar surface area (TPSA) is 72.4 Å². The van der Waals surface area contributed by atoms with E-state index < -0.39 is 0 Å². The van der Waals surface area contributed by atoms with Crippen LogP contribution < -0.4 is 10.6 Å². The Kier molecular flexibility index (Phi) is 6.01. The molecule has 0 bridgehead atoms. The molecule has 2 atom stereocenters. The normalized spacial score (nSPS) is 17.7. The fraction of sp³-hybridized carbons (Fsp3) is 0.333. The summed E-state index contributed by atoms with van der Waals surface area (Å²) in [6, 6.07) is 19.8. The van der Waals surface area contributed by atoms with Crippen molar-refractivity contribution >= 4 is 11.8 Å². The number of benzene rings is 2. The SMILES string of the molecule is CC[C@@H](NC(=O)c1cc(C(=O)N[C@@H]2CCc3ccccc32)n2c1COCC2)c1ccccc1. The summed E-state index contributed by atoms with van der Waals surface area (Å²) in [6.45, 7) is 3.46. The highest BCUT2D eigenvalue weighted by atomic mass is 16.5. The second-order valence-corrected chi connectivity index (χ2v) is 8.70. The summed E-state index contributed by atoms with van der Waals surface area (Å²) in [5, 5.41) is 6.35. The number of carbonyl (C=O) groups excluding carboxylic acids is 2. The van der Waals surface area contributed by atoms with E-state index in [0.29, 0.717) is 31.0 Å². The minimum absolute atomic E-state index is 0.000445. The van der Waals surface area contributed by atoms with Gasteiger partial charge in [-0.3, -0.25) is 9.59 Å². The monoisotopic (exact) mass is 443 g/mol. The van der Waals surface area contributed by atoms with Crippen LogP contribution >= 0.6 is 0 Å². The molecule has 2 N–H and O–H groups in total. The third-order valence-corrected chi connectivity index (χ3v) is 6.74. The van der Waals surface area contributed by atoms with Crippen LogP contribution in [0.3, 0.4) is 0 Å². The van der Waals surface area contributed by atoms with Gasteiger partial charge in [0.15, 0.2) is 0 Å². The molecule has 33 heavy (non-hydrogen) atoms. The molecule has 2 aliphatic rings. The van der Waals surface area contributed by atoms with Crippen molar-refractivity contribution in [1.82, 2.24) is 15.2 Å². The lowest BCUT2D eigenvalue weighted by Gasteiger charge is -2.21. The van der Waals surface area contributed by atoms with E-state index in [0.717, 1.165) is 30.5 Å². The van der Waals surface area contributed by atoms with Gasteiger partial charge >= 0.3 is 0 Å². The molecule has 1 aliphatic carbocycles. The Hall–Kier alpha value is -3.38. The van der Waals surface area contributed by atoms with E-state index in [9.17, 15) is 9.59 Å². The number of nitrogens with zero attached hydrogens (tertiary/aromatic N) is 1. The summed E-state index contributed by atoms with van der Waals surface area (Å²) < 4.78 is 7.59. The molecule has 2 amide bonds. The van der Waals surface area contributed by atoms with Crippen molar-refractivity contribution in [1.29, 1.82) is 0 Å². The Labute approximate surface area is 194 Å². The summed E-state index contributed by atoms with van der Waals surface area (Å²) in [5.74, 6) is -0.320. The first kappa shape index (κ1) is 21.5. The Balaban J connectivity index is 1.39. The summed E-state index contributed by atoms with van der Waals surface area (Å²) in [5.41, 5.74) is 5.34. The van der Waals surface area contributed by atoms with E-state index in [-0.39, 0.29) is 23.9 Å². The number of hydrogen-bond acceptors (Lipinski definition) is 3. The van der Waals surface area contributed by atoms with Crippen LogP contribution in [0, 0.1) is 0 Å². The Bertz CT molecular complexity index is 1130. The summed E-state index contributed by atoms with van der Waals surface area (Å²) in [4.78, 5) is 26.6. The molecular weight excluding hydrogens is 414 g/mol. The van der Waals surface area contributed by atoms with Crippen molar-refractivity contribution in [2.24, 2.45) is 0 Å². The summed E-state index contributed by atoms with van der Waals surface area (Å²) >= 11 is 0. The highest BCUT2D eigenvalue weighted by Gasteiger charge is 2.29. The zero-order valence-electron chi connectivity index (χ0n) is 18.8. The molecule has 0 saturated carbocycles. The minimum Gasteiger partial charge on any atom is -0.373 e. The largest absolute Gasteiger partial charge is 0.373 e. The van der Waals surface area contributed by atoms with Gasteiger partial charge in [0.25, 0.3) is 11.8 Å². The highest BCUT2D eigenvalue weighted by molar-refractivity contribution is 6.01. The Morgan fingerprint density at radius 2 is 1.88 bits per heavy atom. The maximum absolute atomic E-state index is 13.3. The third kappa shape index (κ3) is 4.18. The van der Waals surface area contributed by atoms with Crippen LogP contribution in [0.15, 0.2) is 60.7 Å². The lowest BCUT2D eigenvalue weighted by molar-refractivity contribution is 0.0773. The molecule has 5 rings (SSSR count). The van der Waals surface area contributed by atoms with E-state index in [4.69, 9.17) is 4.74 Å². The van der Waals surface area contributed by atoms with Gasteiger partial charge in [0.1, 0.15) is 5.69 Å². The fourth-order valence-corrected chi connectivity index (χ4v) is 4.99. The quantitative estimate of drug-likeness (QED) is 0.596. The average Bonchev–Trinajstić information content (AvgIpc) is 3.45. The molecule has 2 heterocycles. The van der Waals surface area contributed by atoms with Crippen LogP contribution in [0.5, 0.6) is 0 Å². The summed E-state index contributed by atoms with van der Waals surface area (Å²) in [7, 11) is 0. The lowest BCUT2D eigenvalue weighted by Crippen LogP contribution is -2.31. The first-order valence-corrected chi connectivity index (χ1v) is 11.7. The van der Waals surface area contributed by atoms with Gasteiger partial charge in [-0.2, -0.15) is 0 Å². The summed E-state index contributed by atoms with van der Waals surface area (Å²) in [6.07, 6.45) is 2.63. The van der Waals surface area contributed by atoms with Crippen LogP contribution in [0.2, 0.25) is 0 Å². The molecule has 0 radical (unpaired) electrons. The van der Waals surface area contributed by atoms with Gasteiger partial charge in [-0.15, -0.1) is 0 Å². The molecule has 3 aromatic rings. The fourth-order valence-electron chi connectivity index (χ4n) is 4.99. The van der Waals surface area contributed by atoms with E-state index in [1.54, 1.807) is 6.07 Å². The zero-order valence-corrected chi connectivity index (χ0v) is 18.8. The molecule has 170 valence electrons. The molecule has 0 fully saturated rings. The number of ether oxygens (including phenoxy) is 1. The highest BCUT2D eigenvalue weighted by Crippen LogP contribution is 2.31. The Morgan fingerprint density at radius 3 is 2.70 bits per heavy atom. The molecule has 2 aromatic carbocycles. The van der Waals surface area contributed by atoms with Crippen LogP contribution in [0.25, 0.3) is 0 Å². The van der Waals surface area contributed by atoms with Gasteiger partial charge in [0.2, 0.25) is 0 Å². The molecule has 6 nitrogen and oxygen atoms in total. The number of aryl methyl sites for hydroxylation is 1. The van der Waals surface area contributed by atoms with Crippen LogP contribution in [-0.2, 0) is 24.3 Å². The van der Waals surface area contributed by atoms with E-state index in [1.165, 1.54) is 11.1 Å². The molecule has 0 spiro atoms. The van der Waals surface area contributed by atoms with Gasteiger partial charge < -0.3 is 19.9 Å². The molecule has 1 aliphatic heterocycles. The predicted octanol–water partition coefficient (Wildman–Crippen LogP) is 4.32. The lowest BCUT2D eigenvalue weighted by atomic mass is 10.0.